The highest BCUT2D eigenvalue weighted by molar-refractivity contribution is 7.71. The molecule has 120 valence electrons. The minimum absolute atomic E-state index is 0.0211. The molecule has 0 spiro atoms. The largest absolute Gasteiger partial charge is 0.860 e. The van der Waals surface area contributed by atoms with Crippen molar-refractivity contribution in [2.24, 2.45) is 5.10 Å². The van der Waals surface area contributed by atoms with Gasteiger partial charge in [0.1, 0.15) is 0 Å². The van der Waals surface area contributed by atoms with E-state index in [2.05, 4.69) is 20.1 Å². The van der Waals surface area contributed by atoms with Crippen molar-refractivity contribution < 1.29 is 10.1 Å². The highest BCUT2D eigenvalue weighted by Gasteiger charge is 2.23. The predicted octanol–water partition coefficient (Wildman–Crippen LogP) is 0.881. The first kappa shape index (κ1) is 15.4. The standard InChI is InChI=1S/C15H17N5O2S/c21-13-11(14(22)19-15(23)18-13)9-17-20-7-2-1-5-12(20)10-4-3-6-16-8-10/h3-4,6,8-9,12H,1-2,5,7H2,(H3,18,19,21,22,23)/b17-9+. The molecule has 8 heteroatoms. The Labute approximate surface area is 137 Å². The van der Waals surface area contributed by atoms with Crippen molar-refractivity contribution in [3.63, 3.8) is 0 Å². The van der Waals surface area contributed by atoms with Crippen LogP contribution in [-0.2, 0) is 0 Å². The van der Waals surface area contributed by atoms with E-state index in [0.717, 1.165) is 31.4 Å². The van der Waals surface area contributed by atoms with Crippen molar-refractivity contribution >= 4 is 18.4 Å². The summed E-state index contributed by atoms with van der Waals surface area (Å²) in [7, 11) is 0. The number of hydrogen-bond acceptors (Lipinski definition) is 5. The number of rotatable bonds is 3. The van der Waals surface area contributed by atoms with E-state index < -0.39 is 11.4 Å². The molecule has 23 heavy (non-hydrogen) atoms. The minimum atomic E-state index is -0.524. The third-order valence-corrected chi connectivity index (χ3v) is 4.07. The van der Waals surface area contributed by atoms with Crippen molar-refractivity contribution in [2.75, 3.05) is 6.54 Å². The van der Waals surface area contributed by atoms with E-state index in [1.165, 1.54) is 6.21 Å². The minimum Gasteiger partial charge on any atom is -0.860 e. The van der Waals surface area contributed by atoms with Gasteiger partial charge < -0.3 is 10.1 Å². The van der Waals surface area contributed by atoms with Gasteiger partial charge in [-0.3, -0.25) is 14.8 Å². The number of piperidine rings is 1. The van der Waals surface area contributed by atoms with Crippen LogP contribution < -0.4 is 15.6 Å². The van der Waals surface area contributed by atoms with Crippen LogP contribution in [0.15, 0.2) is 34.4 Å². The van der Waals surface area contributed by atoms with Crippen molar-refractivity contribution in [2.45, 2.75) is 25.3 Å². The van der Waals surface area contributed by atoms with E-state index in [1.807, 2.05) is 29.5 Å². The van der Waals surface area contributed by atoms with Gasteiger partial charge >= 0.3 is 0 Å². The molecule has 3 heterocycles. The maximum absolute atomic E-state index is 11.8. The lowest BCUT2D eigenvalue weighted by Gasteiger charge is -2.32. The monoisotopic (exact) mass is 331 g/mol. The molecule has 0 amide bonds. The van der Waals surface area contributed by atoms with Crippen LogP contribution in [0.3, 0.4) is 0 Å². The van der Waals surface area contributed by atoms with Gasteiger partial charge in [-0.15, -0.1) is 0 Å². The number of aromatic nitrogens is 3. The third-order valence-electron chi connectivity index (χ3n) is 3.87. The lowest BCUT2D eigenvalue weighted by atomic mass is 9.98. The smallest absolute Gasteiger partial charge is 0.259 e. The fourth-order valence-corrected chi connectivity index (χ4v) is 2.92. The molecule has 0 saturated carbocycles. The summed E-state index contributed by atoms with van der Waals surface area (Å²) in [6, 6.07) is 4.12. The molecular weight excluding hydrogens is 314 g/mol. The first-order valence-electron chi connectivity index (χ1n) is 7.45. The molecule has 1 fully saturated rings. The molecule has 1 atom stereocenters. The quantitative estimate of drug-likeness (QED) is 0.644. The Hall–Kier alpha value is -2.48. The second-order valence-electron chi connectivity index (χ2n) is 5.41. The van der Waals surface area contributed by atoms with E-state index in [0.29, 0.717) is 0 Å². The molecule has 1 unspecified atom stereocenters. The Morgan fingerprint density at radius 2 is 2.30 bits per heavy atom. The normalized spacial score (nSPS) is 18.4. The fraction of sp³-hybridized carbons (Fsp3) is 0.333. The summed E-state index contributed by atoms with van der Waals surface area (Å²) in [5.74, 6) is -0.524. The Morgan fingerprint density at radius 1 is 1.43 bits per heavy atom. The molecule has 0 radical (unpaired) electrons. The molecule has 1 aliphatic rings. The first-order chi connectivity index (χ1) is 11.1. The molecule has 1 aliphatic heterocycles. The number of pyridine rings is 1. The molecule has 2 aromatic heterocycles. The summed E-state index contributed by atoms with van der Waals surface area (Å²) in [6.45, 7) is 0.783. The second kappa shape index (κ2) is 6.74. The summed E-state index contributed by atoms with van der Waals surface area (Å²) in [4.78, 5) is 19.7. The Bertz CT molecular complexity index is 815. The highest BCUT2D eigenvalue weighted by Crippen LogP contribution is 2.30. The van der Waals surface area contributed by atoms with E-state index in [1.54, 1.807) is 0 Å². The molecule has 3 rings (SSSR count). The van der Waals surface area contributed by atoms with E-state index in [-0.39, 0.29) is 16.4 Å². The van der Waals surface area contributed by atoms with Gasteiger partial charge in [0, 0.05) is 18.2 Å². The predicted molar refractivity (Wildman–Crippen MR) is 85.6 cm³/mol. The number of H-pyrrole nitrogens is 3. The fourth-order valence-electron chi connectivity index (χ4n) is 2.73. The molecule has 0 aromatic carbocycles. The molecule has 1 saturated heterocycles. The lowest BCUT2D eigenvalue weighted by molar-refractivity contribution is -0.379. The molecule has 0 aliphatic carbocycles. The van der Waals surface area contributed by atoms with Crippen LogP contribution in [-0.4, -0.2) is 27.7 Å². The molecule has 2 aromatic rings. The summed E-state index contributed by atoms with van der Waals surface area (Å²) < 4.78 is 0.0211. The van der Waals surface area contributed by atoms with Gasteiger partial charge in [0.25, 0.3) is 5.56 Å². The maximum atomic E-state index is 11.8. The SMILES string of the molecule is O=c1[nH]c(=S)[nH]c([O-])c1/C=N/N1CCCCC1c1ccc[nH+]c1. The van der Waals surface area contributed by atoms with Crippen molar-refractivity contribution in [1.29, 1.82) is 0 Å². The van der Waals surface area contributed by atoms with Crippen LogP contribution in [0.4, 0.5) is 0 Å². The molecule has 3 N–H and O–H groups in total. The van der Waals surface area contributed by atoms with E-state index in [9.17, 15) is 9.90 Å². The van der Waals surface area contributed by atoms with Gasteiger partial charge in [-0.25, -0.2) is 4.98 Å². The lowest BCUT2D eigenvalue weighted by Crippen LogP contribution is -2.30. The number of nitrogens with one attached hydrogen (secondary N) is 3. The zero-order chi connectivity index (χ0) is 16.2. The van der Waals surface area contributed by atoms with Gasteiger partial charge in [0.2, 0.25) is 0 Å². The van der Waals surface area contributed by atoms with Gasteiger partial charge in [0.05, 0.1) is 17.8 Å². The topological polar surface area (TPSA) is 101 Å². The van der Waals surface area contributed by atoms with Crippen molar-refractivity contribution in [3.8, 4) is 5.88 Å². The summed E-state index contributed by atoms with van der Waals surface area (Å²) in [5.41, 5.74) is 0.569. The Kier molecular flexibility index (Phi) is 4.52. The van der Waals surface area contributed by atoms with Gasteiger partial charge in [-0.05, 0) is 43.4 Å². The number of aromatic amines is 3. The van der Waals surface area contributed by atoms with Crippen LogP contribution in [0.1, 0.15) is 36.4 Å². The first-order valence-corrected chi connectivity index (χ1v) is 7.86. The van der Waals surface area contributed by atoms with Crippen LogP contribution in [0.2, 0.25) is 0 Å². The van der Waals surface area contributed by atoms with Gasteiger partial charge in [0.15, 0.2) is 17.2 Å². The molecule has 7 nitrogen and oxygen atoms in total. The van der Waals surface area contributed by atoms with Crippen LogP contribution >= 0.6 is 12.2 Å². The van der Waals surface area contributed by atoms with Crippen LogP contribution in [0.25, 0.3) is 0 Å². The average Bonchev–Trinajstić information content (AvgIpc) is 2.55. The van der Waals surface area contributed by atoms with Crippen molar-refractivity contribution in [3.05, 3.63) is 50.8 Å². The summed E-state index contributed by atoms with van der Waals surface area (Å²) in [6.07, 6.45) is 8.25. The number of nitrogens with zero attached hydrogens (tertiary/aromatic N) is 2. The number of hydrogen-bond donors (Lipinski definition) is 2. The number of hydrazone groups is 1. The van der Waals surface area contributed by atoms with Gasteiger partial charge in [-0.2, -0.15) is 5.10 Å². The molecular formula is C15H17N5O2S. The van der Waals surface area contributed by atoms with E-state index in [4.69, 9.17) is 12.2 Å². The zero-order valence-electron chi connectivity index (χ0n) is 12.4. The Morgan fingerprint density at radius 3 is 3.04 bits per heavy atom. The van der Waals surface area contributed by atoms with Gasteiger partial charge in [-0.1, -0.05) is 0 Å². The third kappa shape index (κ3) is 3.48. The average molecular weight is 331 g/mol. The Balaban J connectivity index is 1.88. The van der Waals surface area contributed by atoms with Crippen LogP contribution in [0.5, 0.6) is 5.88 Å². The van der Waals surface area contributed by atoms with E-state index >= 15 is 0 Å². The highest BCUT2D eigenvalue weighted by atomic mass is 32.1. The second-order valence-corrected chi connectivity index (χ2v) is 5.82. The molecule has 0 bridgehead atoms. The van der Waals surface area contributed by atoms with Crippen molar-refractivity contribution in [1.82, 2.24) is 15.0 Å². The zero-order valence-corrected chi connectivity index (χ0v) is 13.2. The summed E-state index contributed by atoms with van der Waals surface area (Å²) >= 11 is 4.77. The maximum Gasteiger partial charge on any atom is 0.259 e. The summed E-state index contributed by atoms with van der Waals surface area (Å²) in [5, 5.41) is 18.1. The van der Waals surface area contributed by atoms with Crippen LogP contribution in [0, 0.1) is 4.77 Å².